The summed E-state index contributed by atoms with van der Waals surface area (Å²) in [5.74, 6) is -0.221. The molecule has 18 heavy (non-hydrogen) atoms. The van der Waals surface area contributed by atoms with Crippen molar-refractivity contribution >= 4 is 0 Å². The molecule has 0 bridgehead atoms. The molecular formula is C15H21FN2. The van der Waals surface area contributed by atoms with E-state index < -0.39 is 5.54 Å². The highest BCUT2D eigenvalue weighted by Crippen LogP contribution is 2.26. The molecule has 0 spiro atoms. The van der Waals surface area contributed by atoms with Crippen LogP contribution in [0.25, 0.3) is 0 Å². The molecule has 0 saturated carbocycles. The van der Waals surface area contributed by atoms with E-state index in [4.69, 9.17) is 5.73 Å². The van der Waals surface area contributed by atoms with Crippen LogP contribution in [0.2, 0.25) is 0 Å². The molecule has 0 amide bonds. The number of nitrogens with two attached hydrogens (primary N) is 1. The maximum Gasteiger partial charge on any atom is 0.123 e. The molecule has 1 fully saturated rings. The summed E-state index contributed by atoms with van der Waals surface area (Å²) in [4.78, 5) is 2.38. The van der Waals surface area contributed by atoms with E-state index in [0.29, 0.717) is 6.42 Å². The van der Waals surface area contributed by atoms with Crippen LogP contribution in [0.1, 0.15) is 24.8 Å². The van der Waals surface area contributed by atoms with E-state index in [1.807, 2.05) is 6.08 Å². The molecule has 2 N–H and O–H groups in total. The molecule has 98 valence electrons. The molecule has 0 aromatic heterocycles. The molecule has 1 saturated heterocycles. The van der Waals surface area contributed by atoms with Crippen molar-refractivity contribution in [1.29, 1.82) is 0 Å². The Morgan fingerprint density at radius 3 is 2.44 bits per heavy atom. The lowest BCUT2D eigenvalue weighted by Crippen LogP contribution is -2.46. The smallest absolute Gasteiger partial charge is 0.123 e. The van der Waals surface area contributed by atoms with Gasteiger partial charge in [-0.3, -0.25) is 0 Å². The Morgan fingerprint density at radius 1 is 1.28 bits per heavy atom. The van der Waals surface area contributed by atoms with Crippen molar-refractivity contribution in [3.05, 3.63) is 48.3 Å². The van der Waals surface area contributed by atoms with Crippen molar-refractivity contribution < 1.29 is 4.39 Å². The Hall–Kier alpha value is -1.19. The monoisotopic (exact) mass is 248 g/mol. The summed E-state index contributed by atoms with van der Waals surface area (Å²) in [5, 5.41) is 0. The molecule has 1 aliphatic heterocycles. The summed E-state index contributed by atoms with van der Waals surface area (Å²) in [6.45, 7) is 6.82. The first-order valence-corrected chi connectivity index (χ1v) is 6.52. The van der Waals surface area contributed by atoms with Gasteiger partial charge in [0.25, 0.3) is 0 Å². The topological polar surface area (TPSA) is 29.3 Å². The predicted octanol–water partition coefficient (Wildman–Crippen LogP) is 2.65. The molecule has 0 aliphatic carbocycles. The summed E-state index contributed by atoms with van der Waals surface area (Å²) >= 11 is 0. The van der Waals surface area contributed by atoms with Gasteiger partial charge in [-0.05, 0) is 50.0 Å². The van der Waals surface area contributed by atoms with Gasteiger partial charge < -0.3 is 10.6 Å². The van der Waals surface area contributed by atoms with Gasteiger partial charge in [-0.25, -0.2) is 4.39 Å². The van der Waals surface area contributed by atoms with Gasteiger partial charge in [-0.15, -0.1) is 6.58 Å². The van der Waals surface area contributed by atoms with E-state index in [9.17, 15) is 4.39 Å². The molecule has 1 heterocycles. The van der Waals surface area contributed by atoms with E-state index >= 15 is 0 Å². The summed E-state index contributed by atoms with van der Waals surface area (Å²) < 4.78 is 13.0. The third-order valence-corrected chi connectivity index (χ3v) is 3.63. The van der Waals surface area contributed by atoms with Crippen LogP contribution in [-0.4, -0.2) is 24.5 Å². The molecule has 1 aromatic carbocycles. The minimum absolute atomic E-state index is 0.221. The number of nitrogens with zero attached hydrogens (tertiary/aromatic N) is 1. The lowest BCUT2D eigenvalue weighted by atomic mass is 9.87. The number of likely N-dealkylation sites (tertiary alicyclic amines) is 1. The Bertz CT molecular complexity index is 395. The highest BCUT2D eigenvalue weighted by Gasteiger charge is 2.29. The summed E-state index contributed by atoms with van der Waals surface area (Å²) in [5.41, 5.74) is 7.05. The SMILES string of the molecule is C=CCC(N)(CN1CCCC1)c1ccc(F)cc1. The Labute approximate surface area is 108 Å². The fourth-order valence-electron chi connectivity index (χ4n) is 2.65. The highest BCUT2D eigenvalue weighted by molar-refractivity contribution is 5.26. The molecule has 1 aliphatic rings. The third-order valence-electron chi connectivity index (χ3n) is 3.63. The van der Waals surface area contributed by atoms with Gasteiger partial charge in [0, 0.05) is 6.54 Å². The Morgan fingerprint density at radius 2 is 1.89 bits per heavy atom. The fraction of sp³-hybridized carbons (Fsp3) is 0.467. The van der Waals surface area contributed by atoms with Crippen LogP contribution in [0.15, 0.2) is 36.9 Å². The summed E-state index contributed by atoms with van der Waals surface area (Å²) in [7, 11) is 0. The van der Waals surface area contributed by atoms with E-state index in [-0.39, 0.29) is 5.82 Å². The van der Waals surface area contributed by atoms with Crippen LogP contribution < -0.4 is 5.73 Å². The predicted molar refractivity (Wildman–Crippen MR) is 72.8 cm³/mol. The van der Waals surface area contributed by atoms with Crippen LogP contribution in [0, 0.1) is 5.82 Å². The van der Waals surface area contributed by atoms with E-state index in [0.717, 1.165) is 25.2 Å². The Kier molecular flexibility index (Phi) is 4.15. The van der Waals surface area contributed by atoms with E-state index in [1.54, 1.807) is 12.1 Å². The van der Waals surface area contributed by atoms with Gasteiger partial charge in [0.05, 0.1) is 5.54 Å². The zero-order chi connectivity index (χ0) is 13.0. The van der Waals surface area contributed by atoms with Crippen LogP contribution in [0.4, 0.5) is 4.39 Å². The zero-order valence-electron chi connectivity index (χ0n) is 10.7. The van der Waals surface area contributed by atoms with E-state index in [1.165, 1.54) is 25.0 Å². The number of benzene rings is 1. The molecule has 1 aromatic rings. The van der Waals surface area contributed by atoms with Gasteiger partial charge in [-0.1, -0.05) is 18.2 Å². The largest absolute Gasteiger partial charge is 0.320 e. The molecule has 2 nitrogen and oxygen atoms in total. The average Bonchev–Trinajstić information content (AvgIpc) is 2.82. The number of hydrogen-bond acceptors (Lipinski definition) is 2. The molecule has 1 atom stereocenters. The van der Waals surface area contributed by atoms with Crippen LogP contribution >= 0.6 is 0 Å². The number of halogens is 1. The molecular weight excluding hydrogens is 227 g/mol. The van der Waals surface area contributed by atoms with Crippen molar-refractivity contribution in [1.82, 2.24) is 4.90 Å². The number of rotatable bonds is 5. The zero-order valence-corrected chi connectivity index (χ0v) is 10.7. The van der Waals surface area contributed by atoms with Gasteiger partial charge in [-0.2, -0.15) is 0 Å². The highest BCUT2D eigenvalue weighted by atomic mass is 19.1. The normalized spacial score (nSPS) is 19.7. The second-order valence-corrected chi connectivity index (χ2v) is 5.14. The van der Waals surface area contributed by atoms with Crippen LogP contribution in [0.5, 0.6) is 0 Å². The third kappa shape index (κ3) is 2.98. The average molecular weight is 248 g/mol. The minimum Gasteiger partial charge on any atom is -0.320 e. The van der Waals surface area contributed by atoms with Crippen LogP contribution in [-0.2, 0) is 5.54 Å². The maximum absolute atomic E-state index is 13.0. The van der Waals surface area contributed by atoms with Crippen molar-refractivity contribution in [2.24, 2.45) is 5.73 Å². The van der Waals surface area contributed by atoms with Gasteiger partial charge in [0.15, 0.2) is 0 Å². The Balaban J connectivity index is 2.18. The van der Waals surface area contributed by atoms with Gasteiger partial charge in [0.1, 0.15) is 5.82 Å². The van der Waals surface area contributed by atoms with E-state index in [2.05, 4.69) is 11.5 Å². The first-order valence-electron chi connectivity index (χ1n) is 6.52. The molecule has 1 unspecified atom stereocenters. The lowest BCUT2D eigenvalue weighted by molar-refractivity contribution is 0.248. The molecule has 2 rings (SSSR count). The van der Waals surface area contributed by atoms with Crippen molar-refractivity contribution in [2.75, 3.05) is 19.6 Å². The van der Waals surface area contributed by atoms with Gasteiger partial charge >= 0.3 is 0 Å². The minimum atomic E-state index is -0.459. The fourth-order valence-corrected chi connectivity index (χ4v) is 2.65. The van der Waals surface area contributed by atoms with Crippen molar-refractivity contribution in [2.45, 2.75) is 24.8 Å². The van der Waals surface area contributed by atoms with Crippen LogP contribution in [0.3, 0.4) is 0 Å². The summed E-state index contributed by atoms with van der Waals surface area (Å²) in [6, 6.07) is 6.53. The standard InChI is InChI=1S/C15H21FN2/c1-2-9-15(17,12-18-10-3-4-11-18)13-5-7-14(16)8-6-13/h2,5-8H,1,3-4,9-12,17H2. The first kappa shape index (κ1) is 13.2. The van der Waals surface area contributed by atoms with Crippen molar-refractivity contribution in [3.8, 4) is 0 Å². The van der Waals surface area contributed by atoms with Crippen molar-refractivity contribution in [3.63, 3.8) is 0 Å². The van der Waals surface area contributed by atoms with Gasteiger partial charge in [0.2, 0.25) is 0 Å². The first-order chi connectivity index (χ1) is 8.64. The lowest BCUT2D eigenvalue weighted by Gasteiger charge is -2.33. The quantitative estimate of drug-likeness (QED) is 0.812. The summed E-state index contributed by atoms with van der Waals surface area (Å²) in [6.07, 6.45) is 5.04. The molecule has 0 radical (unpaired) electrons. The second-order valence-electron chi connectivity index (χ2n) is 5.14. The second kappa shape index (κ2) is 5.63. The number of hydrogen-bond donors (Lipinski definition) is 1. The maximum atomic E-state index is 13.0. The molecule has 3 heteroatoms.